The van der Waals surface area contributed by atoms with E-state index in [4.69, 9.17) is 9.47 Å². The molecule has 130 valence electrons. The molecule has 4 rings (SSSR count). The van der Waals surface area contributed by atoms with Crippen molar-refractivity contribution in [3.05, 3.63) is 70.9 Å². The van der Waals surface area contributed by atoms with E-state index in [1.165, 1.54) is 4.57 Å². The van der Waals surface area contributed by atoms with Gasteiger partial charge in [-0.2, -0.15) is 0 Å². The minimum atomic E-state index is -0.269. The van der Waals surface area contributed by atoms with E-state index in [0.717, 1.165) is 5.56 Å². The number of nitrogens with zero attached hydrogens (tertiary/aromatic N) is 3. The summed E-state index contributed by atoms with van der Waals surface area (Å²) in [6.07, 6.45) is 3.21. The van der Waals surface area contributed by atoms with Crippen LogP contribution < -0.4 is 15.2 Å². The molecule has 0 aliphatic carbocycles. The van der Waals surface area contributed by atoms with Crippen LogP contribution in [-0.2, 0) is 0 Å². The van der Waals surface area contributed by atoms with Gasteiger partial charge in [-0.1, -0.05) is 6.07 Å². The molecule has 0 unspecified atom stereocenters. The number of H-pyrrole nitrogens is 1. The number of benzene rings is 1. The van der Waals surface area contributed by atoms with Gasteiger partial charge in [-0.3, -0.25) is 0 Å². The Morgan fingerprint density at radius 1 is 1.08 bits per heavy atom. The van der Waals surface area contributed by atoms with E-state index < -0.39 is 0 Å². The molecule has 0 atom stereocenters. The summed E-state index contributed by atoms with van der Waals surface area (Å²) in [7, 11) is 1.59. The highest BCUT2D eigenvalue weighted by atomic mass is 16.5. The van der Waals surface area contributed by atoms with Crippen molar-refractivity contribution < 1.29 is 9.47 Å². The summed E-state index contributed by atoms with van der Waals surface area (Å²) in [5.74, 6) is 1.61. The van der Waals surface area contributed by atoms with Gasteiger partial charge >= 0.3 is 5.69 Å². The molecule has 26 heavy (non-hydrogen) atoms. The molecule has 3 heterocycles. The van der Waals surface area contributed by atoms with Gasteiger partial charge in [-0.15, -0.1) is 0 Å². The molecular formula is C19H16N4O3. The van der Waals surface area contributed by atoms with Gasteiger partial charge in [0.2, 0.25) is 5.88 Å². The summed E-state index contributed by atoms with van der Waals surface area (Å²) in [5.41, 5.74) is 2.62. The van der Waals surface area contributed by atoms with Crippen LogP contribution in [0.1, 0.15) is 5.56 Å². The highest BCUT2D eigenvalue weighted by Crippen LogP contribution is 2.31. The average Bonchev–Trinajstić information content (AvgIpc) is 2.99. The van der Waals surface area contributed by atoms with Crippen molar-refractivity contribution in [2.45, 2.75) is 6.92 Å². The Morgan fingerprint density at radius 2 is 1.96 bits per heavy atom. The highest BCUT2D eigenvalue weighted by molar-refractivity contribution is 5.72. The van der Waals surface area contributed by atoms with Gasteiger partial charge in [0.1, 0.15) is 0 Å². The second kappa shape index (κ2) is 6.36. The minimum absolute atomic E-state index is 0.269. The van der Waals surface area contributed by atoms with Gasteiger partial charge in [-0.25, -0.2) is 19.3 Å². The van der Waals surface area contributed by atoms with Crippen LogP contribution in [0.2, 0.25) is 0 Å². The first-order valence-corrected chi connectivity index (χ1v) is 8.00. The Morgan fingerprint density at radius 3 is 2.73 bits per heavy atom. The van der Waals surface area contributed by atoms with Crippen LogP contribution in [0, 0.1) is 6.92 Å². The first-order chi connectivity index (χ1) is 12.7. The average molecular weight is 348 g/mol. The highest BCUT2D eigenvalue weighted by Gasteiger charge is 2.11. The zero-order valence-electron chi connectivity index (χ0n) is 14.3. The van der Waals surface area contributed by atoms with Crippen molar-refractivity contribution in [3.63, 3.8) is 0 Å². The largest absolute Gasteiger partial charge is 0.493 e. The Hall–Kier alpha value is -3.61. The van der Waals surface area contributed by atoms with E-state index in [2.05, 4.69) is 15.0 Å². The topological polar surface area (TPSA) is 82.0 Å². The molecular weight excluding hydrogens is 332 g/mol. The Labute approximate surface area is 148 Å². The Bertz CT molecular complexity index is 1130. The van der Waals surface area contributed by atoms with Crippen molar-refractivity contribution in [2.24, 2.45) is 0 Å². The molecule has 1 N–H and O–H groups in total. The fourth-order valence-electron chi connectivity index (χ4n) is 2.72. The van der Waals surface area contributed by atoms with Gasteiger partial charge in [0, 0.05) is 12.3 Å². The minimum Gasteiger partial charge on any atom is -0.493 e. The molecule has 1 aromatic carbocycles. The van der Waals surface area contributed by atoms with E-state index in [-0.39, 0.29) is 5.69 Å². The first kappa shape index (κ1) is 15.9. The SMILES string of the molecule is COc1cc(C)ccc1Oc1ccc(-n2c(=O)[nH]c3cccnc32)cn1. The van der Waals surface area contributed by atoms with E-state index in [9.17, 15) is 4.79 Å². The molecule has 0 saturated heterocycles. The summed E-state index contributed by atoms with van der Waals surface area (Å²) < 4.78 is 12.6. The predicted octanol–water partition coefficient (Wildman–Crippen LogP) is 3.22. The third-order valence-electron chi connectivity index (χ3n) is 3.96. The second-order valence-electron chi connectivity index (χ2n) is 5.75. The third-order valence-corrected chi connectivity index (χ3v) is 3.96. The van der Waals surface area contributed by atoms with Crippen LogP contribution in [0.3, 0.4) is 0 Å². The number of methoxy groups -OCH3 is 1. The van der Waals surface area contributed by atoms with Crippen LogP contribution in [-0.4, -0.2) is 26.6 Å². The molecule has 4 aromatic rings. The lowest BCUT2D eigenvalue weighted by atomic mass is 10.2. The number of hydrogen-bond acceptors (Lipinski definition) is 5. The fraction of sp³-hybridized carbons (Fsp3) is 0.105. The van der Waals surface area contributed by atoms with E-state index in [1.807, 2.05) is 25.1 Å². The summed E-state index contributed by atoms with van der Waals surface area (Å²) in [6.45, 7) is 1.98. The van der Waals surface area contributed by atoms with Crippen LogP contribution in [0.5, 0.6) is 17.4 Å². The molecule has 0 amide bonds. The maximum Gasteiger partial charge on any atom is 0.332 e. The Kier molecular flexibility index (Phi) is 3.89. The molecule has 0 radical (unpaired) electrons. The van der Waals surface area contributed by atoms with Crippen LogP contribution in [0.25, 0.3) is 16.9 Å². The number of nitrogens with one attached hydrogen (secondary N) is 1. The zero-order chi connectivity index (χ0) is 18.1. The molecule has 0 aliphatic rings. The maximum atomic E-state index is 12.2. The van der Waals surface area contributed by atoms with Gasteiger partial charge in [0.15, 0.2) is 17.1 Å². The van der Waals surface area contributed by atoms with Crippen molar-refractivity contribution in [1.29, 1.82) is 0 Å². The lowest BCUT2D eigenvalue weighted by molar-refractivity contribution is 0.374. The second-order valence-corrected chi connectivity index (χ2v) is 5.75. The number of fused-ring (bicyclic) bond motifs is 1. The number of aromatic amines is 1. The van der Waals surface area contributed by atoms with E-state index in [1.54, 1.807) is 43.8 Å². The third kappa shape index (κ3) is 2.79. The van der Waals surface area contributed by atoms with Crippen LogP contribution in [0.4, 0.5) is 0 Å². The van der Waals surface area contributed by atoms with Crippen molar-refractivity contribution in [3.8, 4) is 23.1 Å². The first-order valence-electron chi connectivity index (χ1n) is 8.00. The molecule has 3 aromatic heterocycles. The Balaban J connectivity index is 1.67. The van der Waals surface area contributed by atoms with Gasteiger partial charge in [0.25, 0.3) is 0 Å². The van der Waals surface area contributed by atoms with Crippen molar-refractivity contribution in [2.75, 3.05) is 7.11 Å². The van der Waals surface area contributed by atoms with Gasteiger partial charge in [-0.05, 0) is 42.8 Å². The molecule has 0 bridgehead atoms. The smallest absolute Gasteiger partial charge is 0.332 e. The molecule has 0 spiro atoms. The lowest BCUT2D eigenvalue weighted by Gasteiger charge is -2.10. The standard InChI is InChI=1S/C19H16N4O3/c1-12-5-7-15(16(10-12)25-2)26-17-8-6-13(11-21-17)23-18-14(22-19(23)24)4-3-9-20-18/h3-11H,1-2H3,(H,22,24). The van der Waals surface area contributed by atoms with Gasteiger partial charge < -0.3 is 14.5 Å². The summed E-state index contributed by atoms with van der Waals surface area (Å²) >= 11 is 0. The number of ether oxygens (including phenoxy) is 2. The lowest BCUT2D eigenvalue weighted by Crippen LogP contribution is -2.15. The van der Waals surface area contributed by atoms with E-state index >= 15 is 0 Å². The number of aryl methyl sites for hydroxylation is 1. The molecule has 0 aliphatic heterocycles. The van der Waals surface area contributed by atoms with Crippen molar-refractivity contribution >= 4 is 11.2 Å². The predicted molar refractivity (Wildman–Crippen MR) is 97.3 cm³/mol. The fourth-order valence-corrected chi connectivity index (χ4v) is 2.72. The number of hydrogen-bond donors (Lipinski definition) is 1. The van der Waals surface area contributed by atoms with Gasteiger partial charge in [0.05, 0.1) is 24.5 Å². The monoisotopic (exact) mass is 348 g/mol. The molecule has 7 heteroatoms. The number of pyridine rings is 2. The number of rotatable bonds is 4. The number of imidazole rings is 1. The normalized spacial score (nSPS) is 10.8. The van der Waals surface area contributed by atoms with Crippen LogP contribution in [0.15, 0.2) is 59.7 Å². The zero-order valence-corrected chi connectivity index (χ0v) is 14.3. The summed E-state index contributed by atoms with van der Waals surface area (Å²) in [4.78, 5) is 23.5. The molecule has 0 saturated carbocycles. The summed E-state index contributed by atoms with van der Waals surface area (Å²) in [6, 6.07) is 12.7. The van der Waals surface area contributed by atoms with Crippen molar-refractivity contribution in [1.82, 2.24) is 19.5 Å². The molecule has 7 nitrogen and oxygen atoms in total. The number of aromatic nitrogens is 4. The quantitative estimate of drug-likeness (QED) is 0.612. The molecule has 0 fully saturated rings. The summed E-state index contributed by atoms with van der Waals surface area (Å²) in [5, 5.41) is 0. The van der Waals surface area contributed by atoms with Crippen LogP contribution >= 0.6 is 0 Å². The van der Waals surface area contributed by atoms with E-state index in [0.29, 0.717) is 34.2 Å². The maximum absolute atomic E-state index is 12.2.